The SMILES string of the molecule is O=C(N[C@H](Cc1ccc(F)c([N+](=O)[O-])c1)C(=O)O)c1cnc2ccccc2c1. The van der Waals surface area contributed by atoms with Crippen LogP contribution in [-0.2, 0) is 11.2 Å². The number of aliphatic carboxylic acids is 1. The van der Waals surface area contributed by atoms with Crippen LogP contribution in [0.2, 0.25) is 0 Å². The lowest BCUT2D eigenvalue weighted by atomic mass is 10.0. The van der Waals surface area contributed by atoms with Crippen LogP contribution in [0.1, 0.15) is 15.9 Å². The minimum atomic E-state index is -1.36. The first-order chi connectivity index (χ1) is 13.3. The minimum absolute atomic E-state index is 0.176. The van der Waals surface area contributed by atoms with Gasteiger partial charge in [0.15, 0.2) is 0 Å². The standard InChI is InChI=1S/C19H14FN3O5/c20-14-6-5-11(8-17(14)23(27)28)7-16(19(25)26)22-18(24)13-9-12-3-1-2-4-15(12)21-10-13/h1-6,8-10,16H,7H2,(H,22,24)(H,25,26)/t16-/m1/s1. The van der Waals surface area contributed by atoms with Crippen molar-refractivity contribution in [2.75, 3.05) is 0 Å². The fourth-order valence-electron chi connectivity index (χ4n) is 2.70. The van der Waals surface area contributed by atoms with Gasteiger partial charge in [0, 0.05) is 24.1 Å². The maximum absolute atomic E-state index is 13.4. The number of nitro groups is 1. The number of hydrogen-bond acceptors (Lipinski definition) is 5. The molecule has 3 aromatic rings. The summed E-state index contributed by atoms with van der Waals surface area (Å²) in [5.74, 6) is -3.00. The average Bonchev–Trinajstić information content (AvgIpc) is 2.68. The molecule has 0 spiro atoms. The van der Waals surface area contributed by atoms with Crippen LogP contribution in [0.25, 0.3) is 10.9 Å². The fraction of sp³-hybridized carbons (Fsp3) is 0.105. The van der Waals surface area contributed by atoms with Gasteiger partial charge in [0.2, 0.25) is 5.82 Å². The molecule has 8 nitrogen and oxygen atoms in total. The van der Waals surface area contributed by atoms with Gasteiger partial charge in [-0.2, -0.15) is 4.39 Å². The lowest BCUT2D eigenvalue weighted by molar-refractivity contribution is -0.387. The van der Waals surface area contributed by atoms with Gasteiger partial charge in [0.05, 0.1) is 16.0 Å². The smallest absolute Gasteiger partial charge is 0.326 e. The topological polar surface area (TPSA) is 122 Å². The summed E-state index contributed by atoms with van der Waals surface area (Å²) in [6, 6.07) is 10.4. The minimum Gasteiger partial charge on any atom is -0.480 e. The van der Waals surface area contributed by atoms with Crippen LogP contribution >= 0.6 is 0 Å². The van der Waals surface area contributed by atoms with Crippen molar-refractivity contribution in [1.82, 2.24) is 10.3 Å². The number of para-hydroxylation sites is 1. The summed E-state index contributed by atoms with van der Waals surface area (Å²) >= 11 is 0. The summed E-state index contributed by atoms with van der Waals surface area (Å²) in [5, 5.41) is 23.3. The second-order valence-corrected chi connectivity index (χ2v) is 6.03. The average molecular weight is 383 g/mol. The van der Waals surface area contributed by atoms with E-state index in [9.17, 15) is 29.2 Å². The molecule has 0 aliphatic carbocycles. The van der Waals surface area contributed by atoms with Gasteiger partial charge in [-0.25, -0.2) is 4.79 Å². The van der Waals surface area contributed by atoms with Gasteiger partial charge in [-0.05, 0) is 23.8 Å². The predicted molar refractivity (Wildman–Crippen MR) is 97.4 cm³/mol. The largest absolute Gasteiger partial charge is 0.480 e. The number of carbonyl (C=O) groups excluding carboxylic acids is 1. The third-order valence-electron chi connectivity index (χ3n) is 4.10. The Labute approximate surface area is 157 Å². The van der Waals surface area contributed by atoms with Crippen molar-refractivity contribution >= 4 is 28.5 Å². The number of halogens is 1. The summed E-state index contributed by atoms with van der Waals surface area (Å²) in [5.41, 5.74) is 0.312. The van der Waals surface area contributed by atoms with E-state index >= 15 is 0 Å². The van der Waals surface area contributed by atoms with Gasteiger partial charge in [0.1, 0.15) is 6.04 Å². The summed E-state index contributed by atoms with van der Waals surface area (Å²) in [6.45, 7) is 0. The monoisotopic (exact) mass is 383 g/mol. The van der Waals surface area contributed by atoms with Crippen molar-refractivity contribution in [3.8, 4) is 0 Å². The maximum atomic E-state index is 13.4. The van der Waals surface area contributed by atoms with E-state index in [1.807, 2.05) is 0 Å². The summed E-state index contributed by atoms with van der Waals surface area (Å²) in [6.07, 6.45) is 1.09. The predicted octanol–water partition coefficient (Wildman–Crippen LogP) is 2.71. The van der Waals surface area contributed by atoms with Crippen molar-refractivity contribution in [2.24, 2.45) is 0 Å². The van der Waals surface area contributed by atoms with Crippen molar-refractivity contribution in [3.63, 3.8) is 0 Å². The third kappa shape index (κ3) is 4.09. The lowest BCUT2D eigenvalue weighted by Gasteiger charge is -2.15. The molecule has 0 saturated carbocycles. The van der Waals surface area contributed by atoms with Crippen LogP contribution in [-0.4, -0.2) is 32.9 Å². The molecule has 2 aromatic carbocycles. The molecule has 0 bridgehead atoms. The highest BCUT2D eigenvalue weighted by Gasteiger charge is 2.23. The number of aromatic nitrogens is 1. The first kappa shape index (κ1) is 18.9. The molecule has 9 heteroatoms. The van der Waals surface area contributed by atoms with Crippen LogP contribution in [0.3, 0.4) is 0 Å². The zero-order valence-electron chi connectivity index (χ0n) is 14.3. The zero-order valence-corrected chi connectivity index (χ0v) is 14.3. The highest BCUT2D eigenvalue weighted by Crippen LogP contribution is 2.20. The van der Waals surface area contributed by atoms with Crippen LogP contribution in [0.15, 0.2) is 54.7 Å². The molecule has 0 saturated heterocycles. The third-order valence-corrected chi connectivity index (χ3v) is 4.10. The van der Waals surface area contributed by atoms with Gasteiger partial charge in [-0.3, -0.25) is 19.9 Å². The molecule has 0 aliphatic heterocycles. The Bertz CT molecular complexity index is 1090. The first-order valence-corrected chi connectivity index (χ1v) is 8.16. The van der Waals surface area contributed by atoms with E-state index in [0.29, 0.717) is 5.52 Å². The van der Waals surface area contributed by atoms with Crippen molar-refractivity contribution < 1.29 is 24.0 Å². The number of nitrogens with one attached hydrogen (secondary N) is 1. The normalized spacial score (nSPS) is 11.8. The van der Waals surface area contributed by atoms with Gasteiger partial charge in [0.25, 0.3) is 5.91 Å². The number of amides is 1. The number of hydrogen-bond donors (Lipinski definition) is 2. The number of carbonyl (C=O) groups is 2. The van der Waals surface area contributed by atoms with E-state index in [-0.39, 0.29) is 17.5 Å². The summed E-state index contributed by atoms with van der Waals surface area (Å²) in [4.78, 5) is 38.1. The first-order valence-electron chi connectivity index (χ1n) is 8.16. The van der Waals surface area contributed by atoms with E-state index in [1.54, 1.807) is 30.3 Å². The highest BCUT2D eigenvalue weighted by atomic mass is 19.1. The van der Waals surface area contributed by atoms with Crippen LogP contribution in [0, 0.1) is 15.9 Å². The lowest BCUT2D eigenvalue weighted by Crippen LogP contribution is -2.42. The molecule has 28 heavy (non-hydrogen) atoms. The molecule has 1 atom stereocenters. The number of carboxylic acid groups (broad SMARTS) is 1. The number of rotatable bonds is 6. The molecule has 0 aliphatic rings. The highest BCUT2D eigenvalue weighted by molar-refractivity contribution is 5.99. The summed E-state index contributed by atoms with van der Waals surface area (Å²) < 4.78 is 13.4. The Morgan fingerprint density at radius 2 is 1.96 bits per heavy atom. The van der Waals surface area contributed by atoms with E-state index in [0.717, 1.165) is 17.5 Å². The maximum Gasteiger partial charge on any atom is 0.326 e. The van der Waals surface area contributed by atoms with Gasteiger partial charge >= 0.3 is 11.7 Å². The van der Waals surface area contributed by atoms with Crippen LogP contribution in [0.4, 0.5) is 10.1 Å². The Balaban J connectivity index is 1.80. The Morgan fingerprint density at radius 1 is 1.21 bits per heavy atom. The number of benzene rings is 2. The molecule has 0 fully saturated rings. The summed E-state index contributed by atoms with van der Waals surface area (Å²) in [7, 11) is 0. The van der Waals surface area contributed by atoms with E-state index in [2.05, 4.69) is 10.3 Å². The van der Waals surface area contributed by atoms with E-state index < -0.39 is 34.3 Å². The van der Waals surface area contributed by atoms with Crippen molar-refractivity contribution in [3.05, 3.63) is 81.8 Å². The molecule has 1 heterocycles. The Morgan fingerprint density at radius 3 is 2.68 bits per heavy atom. The number of pyridine rings is 1. The van der Waals surface area contributed by atoms with Crippen LogP contribution < -0.4 is 5.32 Å². The second-order valence-electron chi connectivity index (χ2n) is 6.03. The molecular formula is C19H14FN3O5. The van der Waals surface area contributed by atoms with E-state index in [4.69, 9.17) is 0 Å². The second kappa shape index (κ2) is 7.78. The fourth-order valence-corrected chi connectivity index (χ4v) is 2.70. The van der Waals surface area contributed by atoms with Gasteiger partial charge < -0.3 is 10.4 Å². The molecule has 1 aromatic heterocycles. The molecule has 2 N–H and O–H groups in total. The molecule has 3 rings (SSSR count). The van der Waals surface area contributed by atoms with Gasteiger partial charge in [-0.1, -0.05) is 24.3 Å². The molecule has 142 valence electrons. The molecule has 0 unspecified atom stereocenters. The van der Waals surface area contributed by atoms with Crippen molar-refractivity contribution in [2.45, 2.75) is 12.5 Å². The number of fused-ring (bicyclic) bond motifs is 1. The number of nitro benzene ring substituents is 1. The Hall–Kier alpha value is -3.88. The zero-order chi connectivity index (χ0) is 20.3. The van der Waals surface area contributed by atoms with E-state index in [1.165, 1.54) is 12.3 Å². The van der Waals surface area contributed by atoms with Crippen molar-refractivity contribution in [1.29, 1.82) is 0 Å². The van der Waals surface area contributed by atoms with Crippen LogP contribution in [0.5, 0.6) is 0 Å². The van der Waals surface area contributed by atoms with Gasteiger partial charge in [-0.15, -0.1) is 0 Å². The molecular weight excluding hydrogens is 369 g/mol. The number of nitrogens with zero attached hydrogens (tertiary/aromatic N) is 2. The molecule has 1 amide bonds. The number of carboxylic acids is 1. The Kier molecular flexibility index (Phi) is 5.25. The molecule has 0 radical (unpaired) electrons. The quantitative estimate of drug-likeness (QED) is 0.498.